The molecule has 2 rings (SSSR count). The standard InChI is InChI=1S/C13H11BrN2O/c14-10-3-1-8(2-4-10)13(17)9-5-11(15)7-12(16)6-9/h1-7H,15-16H2. The van der Waals surface area contributed by atoms with Crippen LogP contribution in [0.4, 0.5) is 11.4 Å². The number of anilines is 2. The highest BCUT2D eigenvalue weighted by molar-refractivity contribution is 9.10. The van der Waals surface area contributed by atoms with Crippen LogP contribution in [0.25, 0.3) is 0 Å². The van der Waals surface area contributed by atoms with Gasteiger partial charge in [-0.2, -0.15) is 0 Å². The van der Waals surface area contributed by atoms with Gasteiger partial charge in [0, 0.05) is 27.0 Å². The Morgan fingerprint density at radius 3 is 1.94 bits per heavy atom. The minimum absolute atomic E-state index is 0.0866. The highest BCUT2D eigenvalue weighted by Gasteiger charge is 2.09. The summed E-state index contributed by atoms with van der Waals surface area (Å²) in [5.41, 5.74) is 13.4. The van der Waals surface area contributed by atoms with Crippen LogP contribution in [0, 0.1) is 0 Å². The van der Waals surface area contributed by atoms with E-state index in [1.165, 1.54) is 0 Å². The van der Waals surface area contributed by atoms with E-state index in [1.807, 2.05) is 12.1 Å². The van der Waals surface area contributed by atoms with Gasteiger partial charge in [0.25, 0.3) is 0 Å². The fraction of sp³-hybridized carbons (Fsp3) is 0. The van der Waals surface area contributed by atoms with Crippen LogP contribution in [0.3, 0.4) is 0 Å². The first-order valence-electron chi connectivity index (χ1n) is 5.02. The Hall–Kier alpha value is -1.81. The first-order chi connectivity index (χ1) is 8.06. The number of halogens is 1. The summed E-state index contributed by atoms with van der Waals surface area (Å²) < 4.78 is 0.932. The zero-order valence-corrected chi connectivity index (χ0v) is 10.6. The van der Waals surface area contributed by atoms with Crippen molar-refractivity contribution in [3.05, 3.63) is 58.1 Å². The minimum atomic E-state index is -0.0866. The molecule has 0 aliphatic carbocycles. The quantitative estimate of drug-likeness (QED) is 0.660. The summed E-state index contributed by atoms with van der Waals surface area (Å²) in [4.78, 5) is 12.1. The molecular weight excluding hydrogens is 280 g/mol. The van der Waals surface area contributed by atoms with Crippen LogP contribution < -0.4 is 11.5 Å². The van der Waals surface area contributed by atoms with Crippen LogP contribution in [0.1, 0.15) is 15.9 Å². The van der Waals surface area contributed by atoms with Gasteiger partial charge in [0.1, 0.15) is 0 Å². The number of benzene rings is 2. The molecule has 2 aromatic rings. The maximum Gasteiger partial charge on any atom is 0.193 e. The van der Waals surface area contributed by atoms with Gasteiger partial charge in [0.15, 0.2) is 5.78 Å². The molecule has 4 heteroatoms. The predicted molar refractivity (Wildman–Crippen MR) is 72.8 cm³/mol. The second-order valence-electron chi connectivity index (χ2n) is 3.72. The number of carbonyl (C=O) groups excluding carboxylic acids is 1. The summed E-state index contributed by atoms with van der Waals surface area (Å²) >= 11 is 3.32. The van der Waals surface area contributed by atoms with Crippen molar-refractivity contribution in [2.24, 2.45) is 0 Å². The van der Waals surface area contributed by atoms with Crippen molar-refractivity contribution in [1.82, 2.24) is 0 Å². The monoisotopic (exact) mass is 290 g/mol. The molecule has 0 saturated carbocycles. The van der Waals surface area contributed by atoms with Gasteiger partial charge in [-0.25, -0.2) is 0 Å². The van der Waals surface area contributed by atoms with Crippen molar-refractivity contribution in [1.29, 1.82) is 0 Å². The molecule has 0 bridgehead atoms. The van der Waals surface area contributed by atoms with Gasteiger partial charge in [-0.05, 0) is 42.5 Å². The number of nitrogen functional groups attached to an aromatic ring is 2. The molecule has 0 spiro atoms. The molecular formula is C13H11BrN2O. The SMILES string of the molecule is Nc1cc(N)cc(C(=O)c2ccc(Br)cc2)c1. The number of ketones is 1. The smallest absolute Gasteiger partial charge is 0.193 e. The molecule has 3 nitrogen and oxygen atoms in total. The van der Waals surface area contributed by atoms with E-state index in [0.717, 1.165) is 4.47 Å². The molecule has 4 N–H and O–H groups in total. The Morgan fingerprint density at radius 2 is 1.41 bits per heavy atom. The average molecular weight is 291 g/mol. The molecule has 0 aliphatic rings. The zero-order chi connectivity index (χ0) is 12.4. The molecule has 0 unspecified atom stereocenters. The first-order valence-corrected chi connectivity index (χ1v) is 5.82. The summed E-state index contributed by atoms with van der Waals surface area (Å²) in [6.07, 6.45) is 0. The summed E-state index contributed by atoms with van der Waals surface area (Å²) in [6, 6.07) is 12.0. The number of hydrogen-bond donors (Lipinski definition) is 2. The molecule has 17 heavy (non-hydrogen) atoms. The van der Waals surface area contributed by atoms with E-state index in [0.29, 0.717) is 22.5 Å². The Morgan fingerprint density at radius 1 is 0.882 bits per heavy atom. The maximum atomic E-state index is 12.1. The van der Waals surface area contributed by atoms with E-state index < -0.39 is 0 Å². The van der Waals surface area contributed by atoms with E-state index in [1.54, 1.807) is 30.3 Å². The number of rotatable bonds is 2. The summed E-state index contributed by atoms with van der Waals surface area (Å²) in [7, 11) is 0. The maximum absolute atomic E-state index is 12.1. The van der Waals surface area contributed by atoms with Crippen LogP contribution in [0.15, 0.2) is 46.9 Å². The second kappa shape index (κ2) is 4.59. The van der Waals surface area contributed by atoms with Crippen LogP contribution in [0.5, 0.6) is 0 Å². The fourth-order valence-corrected chi connectivity index (χ4v) is 1.84. The van der Waals surface area contributed by atoms with Gasteiger partial charge in [-0.3, -0.25) is 4.79 Å². The largest absolute Gasteiger partial charge is 0.399 e. The highest BCUT2D eigenvalue weighted by atomic mass is 79.9. The molecule has 86 valence electrons. The third kappa shape index (κ3) is 2.65. The fourth-order valence-electron chi connectivity index (χ4n) is 1.58. The van der Waals surface area contributed by atoms with Crippen molar-refractivity contribution in [2.45, 2.75) is 0 Å². The molecule has 2 aromatic carbocycles. The predicted octanol–water partition coefficient (Wildman–Crippen LogP) is 2.84. The minimum Gasteiger partial charge on any atom is -0.399 e. The van der Waals surface area contributed by atoms with Crippen LogP contribution in [-0.2, 0) is 0 Å². The lowest BCUT2D eigenvalue weighted by molar-refractivity contribution is 0.103. The van der Waals surface area contributed by atoms with Crippen molar-refractivity contribution in [2.75, 3.05) is 11.5 Å². The van der Waals surface area contributed by atoms with Crippen LogP contribution in [0.2, 0.25) is 0 Å². The van der Waals surface area contributed by atoms with Gasteiger partial charge >= 0.3 is 0 Å². The number of nitrogens with two attached hydrogens (primary N) is 2. The van der Waals surface area contributed by atoms with Crippen molar-refractivity contribution < 1.29 is 4.79 Å². The lowest BCUT2D eigenvalue weighted by Crippen LogP contribution is -2.03. The lowest BCUT2D eigenvalue weighted by Gasteiger charge is -2.04. The summed E-state index contributed by atoms with van der Waals surface area (Å²) in [5, 5.41) is 0. The van der Waals surface area contributed by atoms with E-state index in [2.05, 4.69) is 15.9 Å². The van der Waals surface area contributed by atoms with Gasteiger partial charge in [-0.1, -0.05) is 15.9 Å². The average Bonchev–Trinajstić information content (AvgIpc) is 2.28. The zero-order valence-electron chi connectivity index (χ0n) is 8.98. The van der Waals surface area contributed by atoms with Gasteiger partial charge < -0.3 is 11.5 Å². The first kappa shape index (κ1) is 11.7. The molecule has 0 radical (unpaired) electrons. The third-order valence-electron chi connectivity index (χ3n) is 2.35. The van der Waals surface area contributed by atoms with Crippen molar-refractivity contribution in [3.63, 3.8) is 0 Å². The molecule has 0 heterocycles. The molecule has 0 amide bonds. The Labute approximate surface area is 108 Å². The Kier molecular flexibility index (Phi) is 3.15. The van der Waals surface area contributed by atoms with E-state index >= 15 is 0 Å². The normalized spacial score (nSPS) is 10.2. The van der Waals surface area contributed by atoms with E-state index in [4.69, 9.17) is 11.5 Å². The topological polar surface area (TPSA) is 69.1 Å². The van der Waals surface area contributed by atoms with Gasteiger partial charge in [0.05, 0.1) is 0 Å². The molecule has 0 fully saturated rings. The Balaban J connectivity index is 2.40. The van der Waals surface area contributed by atoms with Crippen molar-refractivity contribution in [3.8, 4) is 0 Å². The molecule has 0 aromatic heterocycles. The third-order valence-corrected chi connectivity index (χ3v) is 2.87. The second-order valence-corrected chi connectivity index (χ2v) is 4.64. The lowest BCUT2D eigenvalue weighted by atomic mass is 10.0. The molecule has 0 saturated heterocycles. The van der Waals surface area contributed by atoms with Gasteiger partial charge in [-0.15, -0.1) is 0 Å². The molecule has 0 atom stereocenters. The number of carbonyl (C=O) groups is 1. The van der Waals surface area contributed by atoms with Crippen LogP contribution in [-0.4, -0.2) is 5.78 Å². The van der Waals surface area contributed by atoms with Gasteiger partial charge in [0.2, 0.25) is 0 Å². The van der Waals surface area contributed by atoms with E-state index in [-0.39, 0.29) is 5.78 Å². The Bertz CT molecular complexity index is 544. The van der Waals surface area contributed by atoms with Crippen molar-refractivity contribution >= 4 is 33.1 Å². The van der Waals surface area contributed by atoms with Crippen LogP contribution >= 0.6 is 15.9 Å². The van der Waals surface area contributed by atoms with E-state index in [9.17, 15) is 4.79 Å². The number of hydrogen-bond acceptors (Lipinski definition) is 3. The highest BCUT2D eigenvalue weighted by Crippen LogP contribution is 2.18. The molecule has 0 aliphatic heterocycles. The summed E-state index contributed by atoms with van der Waals surface area (Å²) in [5.74, 6) is -0.0866. The summed E-state index contributed by atoms with van der Waals surface area (Å²) in [6.45, 7) is 0.